The van der Waals surface area contributed by atoms with Gasteiger partial charge in [-0.2, -0.15) is 13.2 Å². The Morgan fingerprint density at radius 3 is 2.57 bits per heavy atom. The van der Waals surface area contributed by atoms with E-state index in [1.165, 1.54) is 6.07 Å². The van der Waals surface area contributed by atoms with Gasteiger partial charge in [0.05, 0.1) is 11.3 Å². The van der Waals surface area contributed by atoms with Crippen molar-refractivity contribution in [3.63, 3.8) is 0 Å². The van der Waals surface area contributed by atoms with Crippen molar-refractivity contribution in [1.82, 2.24) is 14.9 Å². The molecule has 1 saturated heterocycles. The van der Waals surface area contributed by atoms with E-state index in [9.17, 15) is 18.0 Å². The summed E-state index contributed by atoms with van der Waals surface area (Å²) in [6.45, 7) is 1.44. The fourth-order valence-corrected chi connectivity index (χ4v) is 3.39. The fourth-order valence-electron chi connectivity index (χ4n) is 2.47. The van der Waals surface area contributed by atoms with E-state index in [-0.39, 0.29) is 22.2 Å². The Morgan fingerprint density at radius 2 is 1.87 bits per heavy atom. The highest BCUT2D eigenvalue weighted by atomic mass is 32.2. The topological polar surface area (TPSA) is 46.1 Å². The van der Waals surface area contributed by atoms with Crippen LogP contribution in [0.4, 0.5) is 13.2 Å². The maximum Gasteiger partial charge on any atom is 0.451 e. The molecular formula is C15H14F3N3OS. The summed E-state index contributed by atoms with van der Waals surface area (Å²) in [5.41, 5.74) is 0.228. The lowest BCUT2D eigenvalue weighted by atomic mass is 10.2. The van der Waals surface area contributed by atoms with Crippen LogP contribution in [0.2, 0.25) is 0 Å². The molecule has 1 fully saturated rings. The molecule has 3 rings (SSSR count). The van der Waals surface area contributed by atoms with Crippen LogP contribution < -0.4 is 0 Å². The van der Waals surface area contributed by atoms with Crippen LogP contribution in [0.25, 0.3) is 10.9 Å². The summed E-state index contributed by atoms with van der Waals surface area (Å²) in [4.78, 5) is 21.0. The zero-order valence-electron chi connectivity index (χ0n) is 12.1. The monoisotopic (exact) mass is 341 g/mol. The van der Waals surface area contributed by atoms with Crippen molar-refractivity contribution in [2.45, 2.75) is 24.0 Å². The Bertz CT molecular complexity index is 729. The maximum atomic E-state index is 12.9. The molecule has 0 atom stereocenters. The second kappa shape index (κ2) is 6.35. The number of aromatic nitrogens is 2. The van der Waals surface area contributed by atoms with Crippen molar-refractivity contribution < 1.29 is 18.0 Å². The van der Waals surface area contributed by atoms with Gasteiger partial charge in [-0.05, 0) is 18.9 Å². The first-order valence-electron chi connectivity index (χ1n) is 7.20. The first kappa shape index (κ1) is 16.0. The minimum atomic E-state index is -4.61. The molecule has 0 spiro atoms. The van der Waals surface area contributed by atoms with Gasteiger partial charge in [0.2, 0.25) is 11.7 Å². The highest BCUT2D eigenvalue weighted by molar-refractivity contribution is 8.00. The summed E-state index contributed by atoms with van der Waals surface area (Å²) >= 11 is 1.03. The quantitative estimate of drug-likeness (QED) is 0.634. The predicted molar refractivity (Wildman–Crippen MR) is 81.1 cm³/mol. The van der Waals surface area contributed by atoms with Crippen molar-refractivity contribution >= 4 is 28.6 Å². The van der Waals surface area contributed by atoms with Crippen LogP contribution in [0.15, 0.2) is 29.3 Å². The summed E-state index contributed by atoms with van der Waals surface area (Å²) in [5, 5.41) is 0.718. The zero-order chi connectivity index (χ0) is 16.4. The molecule has 1 aromatic carbocycles. The van der Waals surface area contributed by atoms with Gasteiger partial charge in [-0.25, -0.2) is 9.97 Å². The molecule has 0 bridgehead atoms. The standard InChI is InChI=1S/C15H14F3N3OS/c16-15(17,18)14-19-11-6-2-1-5-10(11)13(20-14)23-9-12(22)21-7-3-4-8-21/h1-2,5-6H,3-4,7-9H2. The van der Waals surface area contributed by atoms with Crippen LogP contribution in [0.1, 0.15) is 18.7 Å². The summed E-state index contributed by atoms with van der Waals surface area (Å²) < 4.78 is 38.8. The molecule has 0 aliphatic carbocycles. The minimum absolute atomic E-state index is 0.0660. The molecule has 2 aromatic rings. The number of fused-ring (bicyclic) bond motifs is 1. The van der Waals surface area contributed by atoms with E-state index in [1.807, 2.05) is 0 Å². The summed E-state index contributed by atoms with van der Waals surface area (Å²) in [5.74, 6) is -1.16. The first-order chi connectivity index (χ1) is 10.9. The number of benzene rings is 1. The smallest absolute Gasteiger partial charge is 0.342 e. The maximum absolute atomic E-state index is 12.9. The lowest BCUT2D eigenvalue weighted by Gasteiger charge is -2.15. The third kappa shape index (κ3) is 3.57. The van der Waals surface area contributed by atoms with Gasteiger partial charge >= 0.3 is 6.18 Å². The zero-order valence-corrected chi connectivity index (χ0v) is 13.0. The Balaban J connectivity index is 1.87. The molecule has 0 N–H and O–H groups in total. The van der Waals surface area contributed by atoms with Crippen molar-refractivity contribution in [3.8, 4) is 0 Å². The van der Waals surface area contributed by atoms with E-state index in [0.717, 1.165) is 37.7 Å². The highest BCUT2D eigenvalue weighted by Gasteiger charge is 2.35. The van der Waals surface area contributed by atoms with Gasteiger partial charge in [0.25, 0.3) is 0 Å². The molecule has 8 heteroatoms. The third-order valence-electron chi connectivity index (χ3n) is 3.61. The molecule has 4 nitrogen and oxygen atoms in total. The average molecular weight is 341 g/mol. The van der Waals surface area contributed by atoms with Gasteiger partial charge in [0.15, 0.2) is 0 Å². The van der Waals surface area contributed by atoms with Crippen molar-refractivity contribution in [3.05, 3.63) is 30.1 Å². The Morgan fingerprint density at radius 1 is 1.17 bits per heavy atom. The minimum Gasteiger partial charge on any atom is -0.342 e. The van der Waals surface area contributed by atoms with Crippen LogP contribution in [0, 0.1) is 0 Å². The van der Waals surface area contributed by atoms with Crippen molar-refractivity contribution in [1.29, 1.82) is 0 Å². The second-order valence-electron chi connectivity index (χ2n) is 5.24. The molecule has 2 heterocycles. The van der Waals surface area contributed by atoms with Crippen molar-refractivity contribution in [2.75, 3.05) is 18.8 Å². The Hall–Kier alpha value is -1.83. The second-order valence-corrected chi connectivity index (χ2v) is 6.21. The SMILES string of the molecule is O=C(CSc1nc(C(F)(F)F)nc2ccccc12)N1CCCC1. The number of para-hydroxylation sites is 1. The number of alkyl halides is 3. The predicted octanol–water partition coefficient (Wildman–Crippen LogP) is 3.36. The van der Waals surface area contributed by atoms with Gasteiger partial charge in [-0.1, -0.05) is 30.0 Å². The van der Waals surface area contributed by atoms with Crippen molar-refractivity contribution in [2.24, 2.45) is 0 Å². The van der Waals surface area contributed by atoms with Crippen LogP contribution in [0.5, 0.6) is 0 Å². The number of thioether (sulfide) groups is 1. The number of carbonyl (C=O) groups is 1. The fraction of sp³-hybridized carbons (Fsp3) is 0.400. The van der Waals surface area contributed by atoms with E-state index < -0.39 is 12.0 Å². The molecule has 0 saturated carbocycles. The van der Waals surface area contributed by atoms with Gasteiger partial charge in [-0.15, -0.1) is 0 Å². The lowest BCUT2D eigenvalue weighted by molar-refractivity contribution is -0.145. The Kier molecular flexibility index (Phi) is 4.43. The van der Waals surface area contributed by atoms with Gasteiger partial charge in [-0.3, -0.25) is 4.79 Å². The number of carbonyl (C=O) groups excluding carboxylic acids is 1. The summed E-state index contributed by atoms with van der Waals surface area (Å²) in [6.07, 6.45) is -2.66. The van der Waals surface area contributed by atoms with Gasteiger partial charge in [0, 0.05) is 18.5 Å². The molecular weight excluding hydrogens is 327 g/mol. The average Bonchev–Trinajstić information content (AvgIpc) is 3.05. The molecule has 0 radical (unpaired) electrons. The van der Waals surface area contributed by atoms with Gasteiger partial charge < -0.3 is 4.90 Å². The summed E-state index contributed by atoms with van der Waals surface area (Å²) in [6, 6.07) is 6.52. The van der Waals surface area contributed by atoms with E-state index in [4.69, 9.17) is 0 Å². The van der Waals surface area contributed by atoms with Gasteiger partial charge in [0.1, 0.15) is 5.03 Å². The number of likely N-dealkylation sites (tertiary alicyclic amines) is 1. The third-order valence-corrected chi connectivity index (χ3v) is 4.59. The van der Waals surface area contributed by atoms with E-state index >= 15 is 0 Å². The molecule has 122 valence electrons. The number of halogens is 3. The molecule has 1 amide bonds. The lowest BCUT2D eigenvalue weighted by Crippen LogP contribution is -2.29. The number of hydrogen-bond acceptors (Lipinski definition) is 4. The molecule has 0 unspecified atom stereocenters. The number of amides is 1. The summed E-state index contributed by atoms with van der Waals surface area (Å²) in [7, 11) is 0. The van der Waals surface area contributed by atoms with E-state index in [1.54, 1.807) is 23.1 Å². The largest absolute Gasteiger partial charge is 0.451 e. The number of rotatable bonds is 3. The number of hydrogen-bond donors (Lipinski definition) is 0. The first-order valence-corrected chi connectivity index (χ1v) is 8.18. The van der Waals surface area contributed by atoms with Crippen LogP contribution in [-0.2, 0) is 11.0 Å². The molecule has 1 aliphatic heterocycles. The van der Waals surface area contributed by atoms with E-state index in [2.05, 4.69) is 9.97 Å². The van der Waals surface area contributed by atoms with E-state index in [0.29, 0.717) is 5.39 Å². The molecule has 23 heavy (non-hydrogen) atoms. The molecule has 1 aromatic heterocycles. The highest BCUT2D eigenvalue weighted by Crippen LogP contribution is 2.32. The normalized spacial score (nSPS) is 15.3. The number of nitrogens with zero attached hydrogens (tertiary/aromatic N) is 3. The molecule has 1 aliphatic rings. The Labute approximate surface area is 135 Å². The van der Waals surface area contributed by atoms with Crippen LogP contribution in [0.3, 0.4) is 0 Å². The van der Waals surface area contributed by atoms with Crippen LogP contribution >= 0.6 is 11.8 Å². The van der Waals surface area contributed by atoms with Crippen LogP contribution in [-0.4, -0.2) is 39.6 Å².